The topological polar surface area (TPSA) is 75.4 Å². The van der Waals surface area contributed by atoms with Crippen LogP contribution >= 0.6 is 35.3 Å². The average Bonchev–Trinajstić information content (AvgIpc) is 2.60. The van der Waals surface area contributed by atoms with Gasteiger partial charge in [-0.15, -0.1) is 23.7 Å². The first-order valence-corrected chi connectivity index (χ1v) is 5.23. The van der Waals surface area contributed by atoms with Crippen molar-refractivity contribution in [2.45, 2.75) is 6.10 Å². The Kier molecular flexibility index (Phi) is 6.87. The molecule has 0 radical (unpaired) electrons. The van der Waals surface area contributed by atoms with Gasteiger partial charge in [-0.25, -0.2) is 0 Å². The van der Waals surface area contributed by atoms with Crippen LogP contribution in [0.15, 0.2) is 12.1 Å². The van der Waals surface area contributed by atoms with Crippen molar-refractivity contribution < 1.29 is 9.90 Å². The molecular formula is C8H12Cl2N2O2S. The average molecular weight is 271 g/mol. The molecule has 0 aliphatic carbocycles. The Bertz CT molecular complexity index is 319. The number of carbonyl (C=O) groups is 1. The molecule has 1 unspecified atom stereocenters. The van der Waals surface area contributed by atoms with Gasteiger partial charge < -0.3 is 16.2 Å². The summed E-state index contributed by atoms with van der Waals surface area (Å²) >= 11 is 6.98. The van der Waals surface area contributed by atoms with Crippen molar-refractivity contribution in [3.05, 3.63) is 21.3 Å². The van der Waals surface area contributed by atoms with Gasteiger partial charge in [-0.05, 0) is 12.1 Å². The van der Waals surface area contributed by atoms with E-state index in [9.17, 15) is 9.90 Å². The Hall–Kier alpha value is -0.330. The van der Waals surface area contributed by atoms with Crippen molar-refractivity contribution in [3.63, 3.8) is 0 Å². The van der Waals surface area contributed by atoms with Gasteiger partial charge in [0.05, 0.1) is 10.9 Å². The molecule has 0 aliphatic heterocycles. The molecule has 1 aromatic heterocycles. The molecule has 4 nitrogen and oxygen atoms in total. The van der Waals surface area contributed by atoms with Gasteiger partial charge in [-0.1, -0.05) is 11.6 Å². The maximum atomic E-state index is 10.8. The lowest BCUT2D eigenvalue weighted by atomic mass is 10.3. The lowest BCUT2D eigenvalue weighted by Crippen LogP contribution is -2.33. The molecular weight excluding hydrogens is 259 g/mol. The van der Waals surface area contributed by atoms with Crippen LogP contribution in [0, 0.1) is 0 Å². The molecule has 4 N–H and O–H groups in total. The minimum Gasteiger partial charge on any atom is -0.386 e. The minimum atomic E-state index is -0.719. The highest BCUT2D eigenvalue weighted by Crippen LogP contribution is 2.26. The fraction of sp³-hybridized carbons (Fsp3) is 0.375. The summed E-state index contributed by atoms with van der Waals surface area (Å²) in [5.41, 5.74) is 5.09. The third-order valence-corrected chi connectivity index (χ3v) is 2.93. The van der Waals surface area contributed by atoms with Crippen molar-refractivity contribution >= 4 is 41.3 Å². The fourth-order valence-corrected chi connectivity index (χ4v) is 1.94. The van der Waals surface area contributed by atoms with Crippen molar-refractivity contribution in [2.75, 3.05) is 13.1 Å². The van der Waals surface area contributed by atoms with E-state index in [4.69, 9.17) is 17.3 Å². The van der Waals surface area contributed by atoms with E-state index in [-0.39, 0.29) is 31.4 Å². The van der Waals surface area contributed by atoms with Crippen LogP contribution in [0.25, 0.3) is 0 Å². The highest BCUT2D eigenvalue weighted by molar-refractivity contribution is 7.16. The second-order valence-corrected chi connectivity index (χ2v) is 4.41. The molecule has 1 amide bonds. The largest absolute Gasteiger partial charge is 0.386 e. The molecule has 1 atom stereocenters. The molecule has 0 bridgehead atoms. The van der Waals surface area contributed by atoms with Crippen molar-refractivity contribution in [1.82, 2.24) is 5.32 Å². The normalized spacial score (nSPS) is 11.7. The fourth-order valence-electron chi connectivity index (χ4n) is 0.891. The van der Waals surface area contributed by atoms with E-state index in [0.717, 1.165) is 4.88 Å². The van der Waals surface area contributed by atoms with E-state index >= 15 is 0 Å². The zero-order chi connectivity index (χ0) is 10.6. The van der Waals surface area contributed by atoms with Crippen LogP contribution in [-0.2, 0) is 4.79 Å². The van der Waals surface area contributed by atoms with Crippen LogP contribution in [-0.4, -0.2) is 24.1 Å². The van der Waals surface area contributed by atoms with E-state index in [2.05, 4.69) is 5.32 Å². The Morgan fingerprint density at radius 3 is 2.80 bits per heavy atom. The maximum absolute atomic E-state index is 10.8. The first-order chi connectivity index (χ1) is 6.63. The van der Waals surface area contributed by atoms with Gasteiger partial charge in [-0.2, -0.15) is 0 Å². The van der Waals surface area contributed by atoms with Crippen LogP contribution in [0.2, 0.25) is 4.34 Å². The number of halogens is 2. The third-order valence-electron chi connectivity index (χ3n) is 1.60. The molecule has 15 heavy (non-hydrogen) atoms. The zero-order valence-corrected chi connectivity index (χ0v) is 10.2. The van der Waals surface area contributed by atoms with Crippen LogP contribution in [0.4, 0.5) is 0 Å². The standard InChI is InChI=1S/C8H11ClN2O2S.ClH/c9-7-2-1-6(14-7)5(12)4-11-8(13)3-10;/h1-2,5,12H,3-4,10H2,(H,11,13);1H. The number of nitrogens with one attached hydrogen (secondary N) is 1. The molecule has 0 spiro atoms. The van der Waals surface area contributed by atoms with Gasteiger partial charge >= 0.3 is 0 Å². The Balaban J connectivity index is 0.00000196. The van der Waals surface area contributed by atoms with Crippen molar-refractivity contribution in [2.24, 2.45) is 5.73 Å². The van der Waals surface area contributed by atoms with Gasteiger partial charge in [0.25, 0.3) is 0 Å². The molecule has 0 aromatic carbocycles. The van der Waals surface area contributed by atoms with E-state index < -0.39 is 6.10 Å². The van der Waals surface area contributed by atoms with Crippen LogP contribution in [0.1, 0.15) is 11.0 Å². The van der Waals surface area contributed by atoms with Crippen molar-refractivity contribution in [1.29, 1.82) is 0 Å². The predicted molar refractivity (Wildman–Crippen MR) is 63.6 cm³/mol. The summed E-state index contributed by atoms with van der Waals surface area (Å²) in [7, 11) is 0. The molecule has 86 valence electrons. The second kappa shape index (κ2) is 7.03. The highest BCUT2D eigenvalue weighted by atomic mass is 35.5. The Labute approximate surface area is 103 Å². The van der Waals surface area contributed by atoms with E-state index in [1.165, 1.54) is 11.3 Å². The summed E-state index contributed by atoms with van der Waals surface area (Å²) in [5.74, 6) is -0.285. The van der Waals surface area contributed by atoms with E-state index in [1.54, 1.807) is 12.1 Å². The summed E-state index contributed by atoms with van der Waals surface area (Å²) < 4.78 is 0.615. The summed E-state index contributed by atoms with van der Waals surface area (Å²) in [5, 5.41) is 12.1. The lowest BCUT2D eigenvalue weighted by Gasteiger charge is -2.08. The summed E-state index contributed by atoms with van der Waals surface area (Å²) in [6, 6.07) is 3.43. The van der Waals surface area contributed by atoms with Crippen LogP contribution in [0.5, 0.6) is 0 Å². The summed E-state index contributed by atoms with van der Waals surface area (Å²) in [6.07, 6.45) is -0.719. The quantitative estimate of drug-likeness (QED) is 0.762. The molecule has 7 heteroatoms. The predicted octanol–water partition coefficient (Wildman–Crippen LogP) is 0.932. The molecule has 0 aliphatic rings. The number of hydrogen-bond donors (Lipinski definition) is 3. The Morgan fingerprint density at radius 2 is 2.33 bits per heavy atom. The van der Waals surface area contributed by atoms with Gasteiger partial charge in [0.15, 0.2) is 0 Å². The number of hydrogen-bond acceptors (Lipinski definition) is 4. The number of aliphatic hydroxyl groups is 1. The molecule has 1 aromatic rings. The first kappa shape index (κ1) is 14.7. The number of carbonyl (C=O) groups excluding carboxylic acids is 1. The van der Waals surface area contributed by atoms with E-state index in [0.29, 0.717) is 4.34 Å². The van der Waals surface area contributed by atoms with Crippen LogP contribution < -0.4 is 11.1 Å². The van der Waals surface area contributed by atoms with E-state index in [1.807, 2.05) is 0 Å². The minimum absolute atomic E-state index is 0. The lowest BCUT2D eigenvalue weighted by molar-refractivity contribution is -0.120. The maximum Gasteiger partial charge on any atom is 0.233 e. The number of amides is 1. The molecule has 1 heterocycles. The second-order valence-electron chi connectivity index (χ2n) is 2.67. The Morgan fingerprint density at radius 1 is 1.67 bits per heavy atom. The first-order valence-electron chi connectivity index (χ1n) is 4.03. The van der Waals surface area contributed by atoms with Gasteiger partial charge in [0, 0.05) is 11.4 Å². The molecule has 0 saturated carbocycles. The summed E-state index contributed by atoms with van der Waals surface area (Å²) in [6.45, 7) is 0.0881. The summed E-state index contributed by atoms with van der Waals surface area (Å²) in [4.78, 5) is 11.5. The van der Waals surface area contributed by atoms with Gasteiger partial charge in [-0.3, -0.25) is 4.79 Å². The molecule has 0 saturated heterocycles. The van der Waals surface area contributed by atoms with Gasteiger partial charge in [0.1, 0.15) is 6.10 Å². The van der Waals surface area contributed by atoms with Crippen LogP contribution in [0.3, 0.4) is 0 Å². The molecule has 1 rings (SSSR count). The SMILES string of the molecule is Cl.NCC(=O)NCC(O)c1ccc(Cl)s1. The molecule has 0 fully saturated rings. The smallest absolute Gasteiger partial charge is 0.233 e. The zero-order valence-electron chi connectivity index (χ0n) is 7.77. The monoisotopic (exact) mass is 270 g/mol. The van der Waals surface area contributed by atoms with Crippen molar-refractivity contribution in [3.8, 4) is 0 Å². The number of nitrogens with two attached hydrogens (primary N) is 1. The highest BCUT2D eigenvalue weighted by Gasteiger charge is 2.10. The number of thiophene rings is 1. The third kappa shape index (κ3) is 4.81. The number of aliphatic hydroxyl groups excluding tert-OH is 1. The van der Waals surface area contributed by atoms with Gasteiger partial charge in [0.2, 0.25) is 5.91 Å². The number of rotatable bonds is 4.